The SMILES string of the molecule is CCCc1nccn1-c1ccc(F)cc1[N+](=O)[O-]. The number of nitro groups is 1. The van der Waals surface area contributed by atoms with Crippen molar-refractivity contribution in [3.63, 3.8) is 0 Å². The van der Waals surface area contributed by atoms with Gasteiger partial charge in [-0.05, 0) is 18.6 Å². The number of aryl methyl sites for hydroxylation is 1. The van der Waals surface area contributed by atoms with Crippen molar-refractivity contribution >= 4 is 5.69 Å². The number of hydrogen-bond acceptors (Lipinski definition) is 3. The number of aromatic nitrogens is 2. The number of benzene rings is 1. The Morgan fingerprint density at radius 3 is 2.94 bits per heavy atom. The molecule has 1 heterocycles. The highest BCUT2D eigenvalue weighted by molar-refractivity contribution is 5.53. The van der Waals surface area contributed by atoms with Gasteiger partial charge < -0.3 is 0 Å². The maximum absolute atomic E-state index is 13.1. The highest BCUT2D eigenvalue weighted by Crippen LogP contribution is 2.25. The fourth-order valence-electron chi connectivity index (χ4n) is 1.81. The molecule has 0 fully saturated rings. The Morgan fingerprint density at radius 2 is 2.28 bits per heavy atom. The van der Waals surface area contributed by atoms with Crippen LogP contribution in [0.25, 0.3) is 5.69 Å². The first-order valence-electron chi connectivity index (χ1n) is 5.60. The van der Waals surface area contributed by atoms with Gasteiger partial charge in [-0.2, -0.15) is 0 Å². The lowest BCUT2D eigenvalue weighted by molar-refractivity contribution is -0.384. The molecule has 2 rings (SSSR count). The minimum Gasteiger partial charge on any atom is -0.298 e. The predicted octanol–water partition coefficient (Wildman–Crippen LogP) is 2.87. The zero-order chi connectivity index (χ0) is 13.1. The van der Waals surface area contributed by atoms with Gasteiger partial charge in [0.1, 0.15) is 17.3 Å². The molecule has 0 saturated heterocycles. The third kappa shape index (κ3) is 2.22. The van der Waals surface area contributed by atoms with Crippen LogP contribution in [0.15, 0.2) is 30.6 Å². The van der Waals surface area contributed by atoms with Crippen LogP contribution in [-0.4, -0.2) is 14.5 Å². The molecule has 1 aromatic heterocycles. The number of halogens is 1. The molecule has 0 radical (unpaired) electrons. The number of nitro benzene ring substituents is 1. The van der Waals surface area contributed by atoms with Gasteiger partial charge in [-0.25, -0.2) is 9.37 Å². The van der Waals surface area contributed by atoms with E-state index in [0.717, 1.165) is 18.3 Å². The lowest BCUT2D eigenvalue weighted by atomic mass is 10.2. The summed E-state index contributed by atoms with van der Waals surface area (Å²) in [6, 6.07) is 3.53. The van der Waals surface area contributed by atoms with Crippen molar-refractivity contribution in [3.8, 4) is 5.69 Å². The topological polar surface area (TPSA) is 61.0 Å². The molecule has 6 heteroatoms. The molecule has 0 N–H and O–H groups in total. The minimum atomic E-state index is -0.623. The second-order valence-corrected chi connectivity index (χ2v) is 3.85. The van der Waals surface area contributed by atoms with Crippen LogP contribution in [0.3, 0.4) is 0 Å². The zero-order valence-electron chi connectivity index (χ0n) is 9.84. The van der Waals surface area contributed by atoms with E-state index in [1.807, 2.05) is 6.92 Å². The largest absolute Gasteiger partial charge is 0.298 e. The van der Waals surface area contributed by atoms with Crippen molar-refractivity contribution < 1.29 is 9.31 Å². The van der Waals surface area contributed by atoms with E-state index >= 15 is 0 Å². The van der Waals surface area contributed by atoms with Gasteiger partial charge in [0, 0.05) is 18.8 Å². The Bertz CT molecular complexity index is 580. The number of nitrogens with zero attached hydrogens (tertiary/aromatic N) is 3. The minimum absolute atomic E-state index is 0.259. The second kappa shape index (κ2) is 4.95. The first kappa shape index (κ1) is 12.2. The van der Waals surface area contributed by atoms with Gasteiger partial charge in [-0.3, -0.25) is 14.7 Å². The highest BCUT2D eigenvalue weighted by Gasteiger charge is 2.18. The Balaban J connectivity index is 2.56. The van der Waals surface area contributed by atoms with E-state index in [0.29, 0.717) is 12.1 Å². The summed E-state index contributed by atoms with van der Waals surface area (Å²) in [4.78, 5) is 14.5. The summed E-state index contributed by atoms with van der Waals surface area (Å²) < 4.78 is 14.7. The summed E-state index contributed by atoms with van der Waals surface area (Å²) in [5.41, 5.74) is 0.0766. The number of hydrogen-bond donors (Lipinski definition) is 0. The Morgan fingerprint density at radius 1 is 1.50 bits per heavy atom. The van der Waals surface area contributed by atoms with Crippen molar-refractivity contribution in [1.82, 2.24) is 9.55 Å². The Kier molecular flexibility index (Phi) is 3.36. The van der Waals surface area contributed by atoms with Crippen molar-refractivity contribution in [2.24, 2.45) is 0 Å². The fraction of sp³-hybridized carbons (Fsp3) is 0.250. The van der Waals surface area contributed by atoms with E-state index in [1.54, 1.807) is 17.0 Å². The number of rotatable bonds is 4. The third-order valence-corrected chi connectivity index (χ3v) is 2.58. The highest BCUT2D eigenvalue weighted by atomic mass is 19.1. The van der Waals surface area contributed by atoms with Gasteiger partial charge in [-0.1, -0.05) is 6.92 Å². The molecule has 0 unspecified atom stereocenters. The van der Waals surface area contributed by atoms with Gasteiger partial charge in [0.05, 0.1) is 11.0 Å². The first-order valence-corrected chi connectivity index (χ1v) is 5.60. The zero-order valence-corrected chi connectivity index (χ0v) is 9.84. The summed E-state index contributed by atoms with van der Waals surface area (Å²) >= 11 is 0. The third-order valence-electron chi connectivity index (χ3n) is 2.58. The summed E-state index contributed by atoms with van der Waals surface area (Å²) in [7, 11) is 0. The molecule has 94 valence electrons. The summed E-state index contributed by atoms with van der Waals surface area (Å²) in [5, 5.41) is 10.9. The summed E-state index contributed by atoms with van der Waals surface area (Å²) in [6.07, 6.45) is 4.82. The van der Waals surface area contributed by atoms with Crippen molar-refractivity contribution in [3.05, 3.63) is 52.3 Å². The molecule has 0 saturated carbocycles. The molecule has 2 aromatic rings. The van der Waals surface area contributed by atoms with Gasteiger partial charge >= 0.3 is 0 Å². The summed E-state index contributed by atoms with van der Waals surface area (Å²) in [6.45, 7) is 2.00. The molecule has 0 aliphatic rings. The molecule has 0 amide bonds. The van der Waals surface area contributed by atoms with E-state index in [-0.39, 0.29) is 5.69 Å². The average Bonchev–Trinajstić information content (AvgIpc) is 2.77. The van der Waals surface area contributed by atoms with Crippen molar-refractivity contribution in [2.45, 2.75) is 19.8 Å². The van der Waals surface area contributed by atoms with E-state index in [2.05, 4.69) is 4.98 Å². The van der Waals surface area contributed by atoms with Crippen LogP contribution in [0, 0.1) is 15.9 Å². The van der Waals surface area contributed by atoms with Crippen LogP contribution in [0.5, 0.6) is 0 Å². The number of imidazole rings is 1. The van der Waals surface area contributed by atoms with Gasteiger partial charge in [0.25, 0.3) is 5.69 Å². The quantitative estimate of drug-likeness (QED) is 0.618. The standard InChI is InChI=1S/C12H12FN3O2/c1-2-3-12-14-6-7-15(12)10-5-4-9(13)8-11(10)16(17)18/h4-8H,2-3H2,1H3. The molecule has 0 atom stereocenters. The molecule has 0 aliphatic heterocycles. The molecule has 0 bridgehead atoms. The predicted molar refractivity (Wildman–Crippen MR) is 64.2 cm³/mol. The van der Waals surface area contributed by atoms with E-state index in [9.17, 15) is 14.5 Å². The van der Waals surface area contributed by atoms with Crippen LogP contribution in [-0.2, 0) is 6.42 Å². The molecule has 0 aliphatic carbocycles. The van der Waals surface area contributed by atoms with Crippen molar-refractivity contribution in [1.29, 1.82) is 0 Å². The van der Waals surface area contributed by atoms with E-state index < -0.39 is 10.7 Å². The maximum Gasteiger partial charge on any atom is 0.296 e. The Hall–Kier alpha value is -2.24. The molecule has 5 nitrogen and oxygen atoms in total. The lowest BCUT2D eigenvalue weighted by Crippen LogP contribution is -2.04. The van der Waals surface area contributed by atoms with Gasteiger partial charge in [0.15, 0.2) is 0 Å². The second-order valence-electron chi connectivity index (χ2n) is 3.85. The lowest BCUT2D eigenvalue weighted by Gasteiger charge is -2.07. The maximum atomic E-state index is 13.1. The van der Waals surface area contributed by atoms with Crippen LogP contribution < -0.4 is 0 Å². The van der Waals surface area contributed by atoms with E-state index in [1.165, 1.54) is 12.1 Å². The van der Waals surface area contributed by atoms with Gasteiger partial charge in [-0.15, -0.1) is 0 Å². The molecule has 1 aromatic carbocycles. The molecular formula is C12H12FN3O2. The first-order chi connectivity index (χ1) is 8.63. The van der Waals surface area contributed by atoms with Crippen LogP contribution in [0.1, 0.15) is 19.2 Å². The van der Waals surface area contributed by atoms with Crippen LogP contribution >= 0.6 is 0 Å². The van der Waals surface area contributed by atoms with E-state index in [4.69, 9.17) is 0 Å². The average molecular weight is 249 g/mol. The normalized spacial score (nSPS) is 10.6. The molecular weight excluding hydrogens is 237 g/mol. The monoisotopic (exact) mass is 249 g/mol. The Labute approximate surface area is 103 Å². The van der Waals surface area contributed by atoms with Crippen molar-refractivity contribution in [2.75, 3.05) is 0 Å². The van der Waals surface area contributed by atoms with Gasteiger partial charge in [0.2, 0.25) is 0 Å². The molecule has 18 heavy (non-hydrogen) atoms. The van der Waals surface area contributed by atoms with Crippen LogP contribution in [0.2, 0.25) is 0 Å². The smallest absolute Gasteiger partial charge is 0.296 e. The summed E-state index contributed by atoms with van der Waals surface area (Å²) in [5.74, 6) is 0.106. The van der Waals surface area contributed by atoms with Crippen LogP contribution in [0.4, 0.5) is 10.1 Å². The fourth-order valence-corrected chi connectivity index (χ4v) is 1.81. The molecule has 0 spiro atoms.